The lowest BCUT2D eigenvalue weighted by molar-refractivity contribution is -0.154. The van der Waals surface area contributed by atoms with E-state index in [1.807, 2.05) is 25.1 Å². The van der Waals surface area contributed by atoms with E-state index >= 15 is 0 Å². The van der Waals surface area contributed by atoms with E-state index in [0.717, 1.165) is 36.1 Å². The zero-order chi connectivity index (χ0) is 19.8. The number of ether oxygens (including phenoxy) is 1. The van der Waals surface area contributed by atoms with Crippen molar-refractivity contribution < 1.29 is 23.9 Å². The van der Waals surface area contributed by atoms with Crippen LogP contribution in [0.5, 0.6) is 0 Å². The van der Waals surface area contributed by atoms with Crippen LogP contribution in [0, 0.1) is 23.7 Å². The Morgan fingerprint density at radius 3 is 2.39 bits per heavy atom. The monoisotopic (exact) mass is 384 g/mol. The van der Waals surface area contributed by atoms with Crippen molar-refractivity contribution in [3.63, 3.8) is 0 Å². The molecule has 28 heavy (non-hydrogen) atoms. The lowest BCUT2D eigenvalue weighted by Gasteiger charge is -2.19. The van der Waals surface area contributed by atoms with Gasteiger partial charge in [0.25, 0.3) is 5.91 Å². The second kappa shape index (κ2) is 7.37. The van der Waals surface area contributed by atoms with Gasteiger partial charge < -0.3 is 10.1 Å². The number of amides is 3. The third-order valence-corrected chi connectivity index (χ3v) is 6.34. The molecule has 1 saturated heterocycles. The zero-order valence-corrected chi connectivity index (χ0v) is 15.8. The zero-order valence-electron chi connectivity index (χ0n) is 15.8. The molecule has 0 radical (unpaired) electrons. The fourth-order valence-corrected chi connectivity index (χ4v) is 5.08. The van der Waals surface area contributed by atoms with Crippen LogP contribution in [-0.2, 0) is 30.3 Å². The summed E-state index contributed by atoms with van der Waals surface area (Å²) in [5.41, 5.74) is 1.66. The van der Waals surface area contributed by atoms with Gasteiger partial charge in [0, 0.05) is 5.69 Å². The molecule has 148 valence electrons. The van der Waals surface area contributed by atoms with Crippen LogP contribution < -0.4 is 5.32 Å². The first kappa shape index (κ1) is 18.7. The molecular weight excluding hydrogens is 360 g/mol. The van der Waals surface area contributed by atoms with Crippen molar-refractivity contribution in [3.05, 3.63) is 29.8 Å². The van der Waals surface area contributed by atoms with Crippen molar-refractivity contribution in [2.75, 3.05) is 18.5 Å². The molecule has 3 aliphatic rings. The molecule has 3 amide bonds. The van der Waals surface area contributed by atoms with Gasteiger partial charge in [-0.25, -0.2) is 0 Å². The van der Waals surface area contributed by atoms with E-state index in [1.54, 1.807) is 6.07 Å². The van der Waals surface area contributed by atoms with Gasteiger partial charge in [0.2, 0.25) is 11.8 Å². The molecule has 0 aromatic heterocycles. The number of nitrogens with zero attached hydrogens (tertiary/aromatic N) is 1. The molecule has 0 spiro atoms. The van der Waals surface area contributed by atoms with Crippen molar-refractivity contribution in [2.24, 2.45) is 23.7 Å². The van der Waals surface area contributed by atoms with Crippen LogP contribution in [0.15, 0.2) is 24.3 Å². The number of rotatable bonds is 6. The average Bonchev–Trinajstić information content (AvgIpc) is 3.37. The SMILES string of the molecule is CCc1ccccc1NC(=O)COC(=O)CN1C(=O)[C@@H]2[C@@H]3CC[C@@H](C3)[C@@H]2C1=O. The number of carbonyl (C=O) groups excluding carboxylic acids is 4. The maximum Gasteiger partial charge on any atom is 0.326 e. The van der Waals surface area contributed by atoms with Crippen molar-refractivity contribution in [2.45, 2.75) is 32.6 Å². The number of benzene rings is 1. The van der Waals surface area contributed by atoms with Gasteiger partial charge in [-0.05, 0) is 49.1 Å². The summed E-state index contributed by atoms with van der Waals surface area (Å²) in [5, 5.41) is 2.72. The van der Waals surface area contributed by atoms with E-state index in [-0.39, 0.29) is 35.5 Å². The maximum absolute atomic E-state index is 12.6. The second-order valence-corrected chi connectivity index (χ2v) is 7.87. The Labute approximate surface area is 163 Å². The Morgan fingerprint density at radius 2 is 1.75 bits per heavy atom. The van der Waals surface area contributed by atoms with Gasteiger partial charge in [0.05, 0.1) is 11.8 Å². The summed E-state index contributed by atoms with van der Waals surface area (Å²) in [6.45, 7) is 1.12. The fraction of sp³-hybridized carbons (Fsp3) is 0.524. The number of esters is 1. The molecule has 2 bridgehead atoms. The highest BCUT2D eigenvalue weighted by Crippen LogP contribution is 2.56. The molecule has 1 heterocycles. The molecule has 7 heteroatoms. The molecule has 2 saturated carbocycles. The van der Waals surface area contributed by atoms with Gasteiger partial charge in [-0.1, -0.05) is 25.1 Å². The van der Waals surface area contributed by atoms with Gasteiger partial charge in [-0.3, -0.25) is 24.1 Å². The first-order valence-corrected chi connectivity index (χ1v) is 9.88. The molecule has 4 rings (SSSR count). The smallest absolute Gasteiger partial charge is 0.326 e. The Morgan fingerprint density at radius 1 is 1.11 bits per heavy atom. The molecular formula is C21H24N2O5. The minimum absolute atomic E-state index is 0.250. The number of fused-ring (bicyclic) bond motifs is 5. The molecule has 3 fully saturated rings. The summed E-state index contributed by atoms with van der Waals surface area (Å²) < 4.78 is 5.00. The van der Waals surface area contributed by atoms with Crippen LogP contribution in [0.2, 0.25) is 0 Å². The molecule has 1 N–H and O–H groups in total. The van der Waals surface area contributed by atoms with Gasteiger partial charge in [-0.2, -0.15) is 0 Å². The third-order valence-electron chi connectivity index (χ3n) is 6.34. The first-order chi connectivity index (χ1) is 13.5. The van der Waals surface area contributed by atoms with Crippen LogP contribution in [-0.4, -0.2) is 41.7 Å². The Hall–Kier alpha value is -2.70. The summed E-state index contributed by atoms with van der Waals surface area (Å²) in [6, 6.07) is 7.40. The van der Waals surface area contributed by atoms with Crippen molar-refractivity contribution in [1.29, 1.82) is 0 Å². The molecule has 2 aliphatic carbocycles. The standard InChI is InChI=1S/C21H24N2O5/c1-2-12-5-3-4-6-15(12)22-16(24)11-28-17(25)10-23-20(26)18-13-7-8-14(9-13)19(18)21(23)27/h3-6,13-14,18-19H,2,7-11H2,1H3,(H,22,24)/t13-,14+,18-,19+. The third kappa shape index (κ3) is 3.19. The normalized spacial score (nSPS) is 27.8. The lowest BCUT2D eigenvalue weighted by atomic mass is 9.81. The van der Waals surface area contributed by atoms with Crippen molar-refractivity contribution >= 4 is 29.4 Å². The highest BCUT2D eigenvalue weighted by atomic mass is 16.5. The van der Waals surface area contributed by atoms with Crippen LogP contribution in [0.25, 0.3) is 0 Å². The van der Waals surface area contributed by atoms with E-state index in [4.69, 9.17) is 4.74 Å². The highest BCUT2D eigenvalue weighted by Gasteiger charge is 2.61. The Bertz CT molecular complexity index is 808. The number of para-hydroxylation sites is 1. The Balaban J connectivity index is 1.30. The van der Waals surface area contributed by atoms with Gasteiger partial charge in [0.1, 0.15) is 6.54 Å². The van der Waals surface area contributed by atoms with Crippen molar-refractivity contribution in [1.82, 2.24) is 4.90 Å². The summed E-state index contributed by atoms with van der Waals surface area (Å²) in [4.78, 5) is 50.4. The molecule has 7 nitrogen and oxygen atoms in total. The number of likely N-dealkylation sites (tertiary alicyclic amines) is 1. The number of hydrogen-bond donors (Lipinski definition) is 1. The first-order valence-electron chi connectivity index (χ1n) is 9.88. The van der Waals surface area contributed by atoms with Gasteiger partial charge >= 0.3 is 5.97 Å². The number of aryl methyl sites for hydroxylation is 1. The van der Waals surface area contributed by atoms with Crippen molar-refractivity contribution in [3.8, 4) is 0 Å². The predicted molar refractivity (Wildman–Crippen MR) is 99.9 cm³/mol. The number of nitrogens with one attached hydrogen (secondary N) is 1. The minimum atomic E-state index is -0.743. The predicted octanol–water partition coefficient (Wildman–Crippen LogP) is 1.76. The van der Waals surface area contributed by atoms with E-state index in [9.17, 15) is 19.2 Å². The highest BCUT2D eigenvalue weighted by molar-refractivity contribution is 6.08. The quantitative estimate of drug-likeness (QED) is 0.596. The number of imide groups is 1. The summed E-state index contributed by atoms with van der Waals surface area (Å²) >= 11 is 0. The van der Waals surface area contributed by atoms with Crippen LogP contribution in [0.1, 0.15) is 31.7 Å². The minimum Gasteiger partial charge on any atom is -0.454 e. The number of hydrogen-bond acceptors (Lipinski definition) is 5. The Kier molecular flexibility index (Phi) is 4.91. The van der Waals surface area contributed by atoms with Crippen LogP contribution in [0.4, 0.5) is 5.69 Å². The number of carbonyl (C=O) groups is 4. The fourth-order valence-electron chi connectivity index (χ4n) is 5.08. The molecule has 0 unspecified atom stereocenters. The van der Waals surface area contributed by atoms with Gasteiger partial charge in [0.15, 0.2) is 6.61 Å². The number of anilines is 1. The molecule has 1 aromatic carbocycles. The molecule has 1 aromatic rings. The van der Waals surface area contributed by atoms with E-state index in [0.29, 0.717) is 5.69 Å². The maximum atomic E-state index is 12.6. The van der Waals surface area contributed by atoms with Gasteiger partial charge in [-0.15, -0.1) is 0 Å². The summed E-state index contributed by atoms with van der Waals surface area (Å²) in [5.74, 6) is -1.66. The van der Waals surface area contributed by atoms with Crippen LogP contribution in [0.3, 0.4) is 0 Å². The second-order valence-electron chi connectivity index (χ2n) is 7.87. The average molecular weight is 384 g/mol. The topological polar surface area (TPSA) is 92.8 Å². The van der Waals surface area contributed by atoms with Crippen LogP contribution >= 0.6 is 0 Å². The molecule has 4 atom stereocenters. The van der Waals surface area contributed by atoms with E-state index < -0.39 is 25.0 Å². The largest absolute Gasteiger partial charge is 0.454 e. The summed E-state index contributed by atoms with van der Waals surface area (Å²) in [6.07, 6.45) is 3.69. The molecule has 1 aliphatic heterocycles. The lowest BCUT2D eigenvalue weighted by Crippen LogP contribution is -2.38. The van der Waals surface area contributed by atoms with E-state index in [2.05, 4.69) is 5.32 Å². The van der Waals surface area contributed by atoms with E-state index in [1.165, 1.54) is 0 Å². The summed E-state index contributed by atoms with van der Waals surface area (Å²) in [7, 11) is 0.